The standard InChI is InChI=1S/C21H14F2N2O3S/c22-14-4-5-16(15(23)9-14)24-21-25(17(11-29-21)18-2-1-7-26-18)10-13-3-6-19-20(8-13)28-12-27-19/h1-9,11H,10,12H2. The van der Waals surface area contributed by atoms with Crippen LogP contribution >= 0.6 is 11.3 Å². The fourth-order valence-corrected chi connectivity index (χ4v) is 3.99. The van der Waals surface area contributed by atoms with Gasteiger partial charge in [-0.05, 0) is 42.0 Å². The lowest BCUT2D eigenvalue weighted by atomic mass is 10.2. The topological polar surface area (TPSA) is 48.9 Å². The van der Waals surface area contributed by atoms with E-state index in [1.165, 1.54) is 23.5 Å². The quantitative estimate of drug-likeness (QED) is 0.469. The fraction of sp³-hybridized carbons (Fsp3) is 0.0952. The predicted octanol–water partition coefficient (Wildman–Crippen LogP) is 5.10. The molecular formula is C21H14F2N2O3S. The Bertz CT molecular complexity index is 1250. The fourth-order valence-electron chi connectivity index (χ4n) is 3.09. The Kier molecular flexibility index (Phi) is 4.40. The van der Waals surface area contributed by atoms with Gasteiger partial charge in [-0.15, -0.1) is 11.3 Å². The summed E-state index contributed by atoms with van der Waals surface area (Å²) in [6, 6.07) is 12.7. The van der Waals surface area contributed by atoms with Gasteiger partial charge in [0, 0.05) is 11.4 Å². The van der Waals surface area contributed by atoms with E-state index in [-0.39, 0.29) is 12.5 Å². The van der Waals surface area contributed by atoms with E-state index in [1.807, 2.05) is 34.2 Å². The van der Waals surface area contributed by atoms with E-state index >= 15 is 0 Å². The molecule has 0 fully saturated rings. The van der Waals surface area contributed by atoms with E-state index in [0.29, 0.717) is 28.6 Å². The van der Waals surface area contributed by atoms with Crippen molar-refractivity contribution in [2.45, 2.75) is 6.54 Å². The smallest absolute Gasteiger partial charge is 0.231 e. The van der Waals surface area contributed by atoms with E-state index in [0.717, 1.165) is 17.3 Å². The van der Waals surface area contributed by atoms with Crippen LogP contribution < -0.4 is 14.3 Å². The highest BCUT2D eigenvalue weighted by molar-refractivity contribution is 7.07. The number of rotatable bonds is 4. The molecule has 29 heavy (non-hydrogen) atoms. The molecule has 0 spiro atoms. The highest BCUT2D eigenvalue weighted by atomic mass is 32.1. The SMILES string of the molecule is Fc1ccc(N=c2scc(-c3ccco3)n2Cc2ccc3c(c2)OCO3)c(F)c1. The average Bonchev–Trinajstić information content (AvgIpc) is 3.45. The van der Waals surface area contributed by atoms with Crippen LogP contribution in [0, 0.1) is 11.6 Å². The Labute approximate surface area is 168 Å². The summed E-state index contributed by atoms with van der Waals surface area (Å²) in [7, 11) is 0. The van der Waals surface area contributed by atoms with Gasteiger partial charge < -0.3 is 18.5 Å². The highest BCUT2D eigenvalue weighted by Gasteiger charge is 2.16. The van der Waals surface area contributed by atoms with Crippen LogP contribution in [0.1, 0.15) is 5.56 Å². The molecule has 8 heteroatoms. The molecule has 146 valence electrons. The Morgan fingerprint density at radius 2 is 1.93 bits per heavy atom. The van der Waals surface area contributed by atoms with E-state index in [2.05, 4.69) is 4.99 Å². The Morgan fingerprint density at radius 3 is 2.76 bits per heavy atom. The minimum atomic E-state index is -0.715. The summed E-state index contributed by atoms with van der Waals surface area (Å²) in [6.45, 7) is 0.657. The van der Waals surface area contributed by atoms with Gasteiger partial charge in [0.2, 0.25) is 6.79 Å². The Balaban J connectivity index is 1.62. The van der Waals surface area contributed by atoms with Gasteiger partial charge in [0.15, 0.2) is 27.9 Å². The first kappa shape index (κ1) is 17.7. The zero-order valence-corrected chi connectivity index (χ0v) is 15.8. The van der Waals surface area contributed by atoms with Gasteiger partial charge in [-0.3, -0.25) is 0 Å². The number of ether oxygens (including phenoxy) is 2. The van der Waals surface area contributed by atoms with Crippen molar-refractivity contribution in [1.82, 2.24) is 4.57 Å². The van der Waals surface area contributed by atoms with Crippen LogP contribution in [0.2, 0.25) is 0 Å². The molecule has 0 saturated carbocycles. The van der Waals surface area contributed by atoms with Crippen molar-refractivity contribution in [3.8, 4) is 23.0 Å². The molecule has 0 saturated heterocycles. The largest absolute Gasteiger partial charge is 0.463 e. The molecule has 0 bridgehead atoms. The van der Waals surface area contributed by atoms with Gasteiger partial charge in [0.1, 0.15) is 11.5 Å². The van der Waals surface area contributed by atoms with Gasteiger partial charge >= 0.3 is 0 Å². The molecule has 0 aliphatic carbocycles. The van der Waals surface area contributed by atoms with Crippen molar-refractivity contribution in [2.75, 3.05) is 6.79 Å². The second kappa shape index (κ2) is 7.21. The predicted molar refractivity (Wildman–Crippen MR) is 103 cm³/mol. The molecule has 2 aromatic heterocycles. The monoisotopic (exact) mass is 412 g/mol. The van der Waals surface area contributed by atoms with Crippen LogP contribution in [0.25, 0.3) is 11.5 Å². The van der Waals surface area contributed by atoms with E-state index in [9.17, 15) is 8.78 Å². The molecule has 0 radical (unpaired) electrons. The molecule has 1 aliphatic heterocycles. The number of halogens is 2. The van der Waals surface area contributed by atoms with Crippen molar-refractivity contribution in [3.05, 3.63) is 82.2 Å². The van der Waals surface area contributed by atoms with Crippen molar-refractivity contribution >= 4 is 17.0 Å². The molecule has 5 nitrogen and oxygen atoms in total. The number of thiazole rings is 1. The van der Waals surface area contributed by atoms with E-state index < -0.39 is 11.6 Å². The van der Waals surface area contributed by atoms with Crippen LogP contribution in [0.3, 0.4) is 0 Å². The maximum absolute atomic E-state index is 14.1. The lowest BCUT2D eigenvalue weighted by molar-refractivity contribution is 0.174. The summed E-state index contributed by atoms with van der Waals surface area (Å²) in [4.78, 5) is 4.98. The number of furan rings is 1. The molecular weight excluding hydrogens is 398 g/mol. The number of hydrogen-bond donors (Lipinski definition) is 0. The van der Waals surface area contributed by atoms with Gasteiger partial charge in [0.05, 0.1) is 18.5 Å². The third-order valence-electron chi connectivity index (χ3n) is 4.47. The molecule has 3 heterocycles. The minimum absolute atomic E-state index is 0.0682. The molecule has 0 atom stereocenters. The number of nitrogens with zero attached hydrogens (tertiary/aromatic N) is 2. The first-order chi connectivity index (χ1) is 14.2. The van der Waals surface area contributed by atoms with Gasteiger partial charge in [-0.2, -0.15) is 0 Å². The van der Waals surface area contributed by atoms with E-state index in [1.54, 1.807) is 12.3 Å². The number of aromatic nitrogens is 1. The minimum Gasteiger partial charge on any atom is -0.463 e. The summed E-state index contributed by atoms with van der Waals surface area (Å²) >= 11 is 1.35. The third kappa shape index (κ3) is 3.42. The van der Waals surface area contributed by atoms with Crippen LogP contribution in [0.5, 0.6) is 11.5 Å². The molecule has 0 N–H and O–H groups in total. The van der Waals surface area contributed by atoms with Crippen molar-refractivity contribution in [2.24, 2.45) is 4.99 Å². The summed E-state index contributed by atoms with van der Waals surface area (Å²) in [5.74, 6) is 0.697. The molecule has 2 aromatic carbocycles. The second-order valence-corrected chi connectivity index (χ2v) is 7.20. The maximum atomic E-state index is 14.1. The van der Waals surface area contributed by atoms with Crippen LogP contribution in [0.4, 0.5) is 14.5 Å². The maximum Gasteiger partial charge on any atom is 0.231 e. The molecule has 0 unspecified atom stereocenters. The van der Waals surface area contributed by atoms with E-state index in [4.69, 9.17) is 13.9 Å². The van der Waals surface area contributed by atoms with Crippen LogP contribution in [-0.4, -0.2) is 11.4 Å². The summed E-state index contributed by atoms with van der Waals surface area (Å²) < 4.78 is 45.7. The summed E-state index contributed by atoms with van der Waals surface area (Å²) in [5.41, 5.74) is 1.83. The van der Waals surface area contributed by atoms with Gasteiger partial charge in [0.25, 0.3) is 0 Å². The van der Waals surface area contributed by atoms with Crippen LogP contribution in [0.15, 0.2) is 69.6 Å². The molecule has 1 aliphatic rings. The normalized spacial score (nSPS) is 13.2. The first-order valence-corrected chi connectivity index (χ1v) is 9.66. The lowest BCUT2D eigenvalue weighted by Crippen LogP contribution is -2.16. The number of hydrogen-bond acceptors (Lipinski definition) is 5. The zero-order valence-electron chi connectivity index (χ0n) is 15.0. The lowest BCUT2D eigenvalue weighted by Gasteiger charge is -2.09. The van der Waals surface area contributed by atoms with Gasteiger partial charge in [-0.1, -0.05) is 6.07 Å². The molecule has 0 amide bonds. The molecule has 4 aromatic rings. The second-order valence-electron chi connectivity index (χ2n) is 6.36. The highest BCUT2D eigenvalue weighted by Crippen LogP contribution is 2.33. The average molecular weight is 412 g/mol. The number of fused-ring (bicyclic) bond motifs is 1. The Morgan fingerprint density at radius 1 is 1.03 bits per heavy atom. The third-order valence-corrected chi connectivity index (χ3v) is 5.34. The molecule has 5 rings (SSSR count). The van der Waals surface area contributed by atoms with Crippen LogP contribution in [-0.2, 0) is 6.54 Å². The van der Waals surface area contributed by atoms with Gasteiger partial charge in [-0.25, -0.2) is 13.8 Å². The van der Waals surface area contributed by atoms with Crippen molar-refractivity contribution in [1.29, 1.82) is 0 Å². The first-order valence-electron chi connectivity index (χ1n) is 8.78. The zero-order chi connectivity index (χ0) is 19.8. The summed E-state index contributed by atoms with van der Waals surface area (Å²) in [5, 5.41) is 1.89. The Hall–Kier alpha value is -3.39. The summed E-state index contributed by atoms with van der Waals surface area (Å²) in [6.07, 6.45) is 1.59. The number of benzene rings is 2. The van der Waals surface area contributed by atoms with Crippen molar-refractivity contribution < 1.29 is 22.7 Å². The van der Waals surface area contributed by atoms with Crippen molar-refractivity contribution in [3.63, 3.8) is 0 Å².